The molecule has 20 heavy (non-hydrogen) atoms. The minimum Gasteiger partial charge on any atom is -0.505 e. The number of nitrogens with zero attached hydrogens (tertiary/aromatic N) is 1. The van der Waals surface area contributed by atoms with Gasteiger partial charge in [0, 0.05) is 0 Å². The third-order valence-electron chi connectivity index (χ3n) is 1.89. The van der Waals surface area contributed by atoms with Gasteiger partial charge in [-0.3, -0.25) is 0 Å². The van der Waals surface area contributed by atoms with E-state index in [1.165, 1.54) is 0 Å². The first-order chi connectivity index (χ1) is 8.97. The molecule has 5 nitrogen and oxygen atoms in total. The number of aromatic hydroxyl groups is 1. The summed E-state index contributed by atoms with van der Waals surface area (Å²) in [6.07, 6.45) is -10.7. The highest BCUT2D eigenvalue weighted by Crippen LogP contribution is 2.41. The first kappa shape index (κ1) is 15.9. The van der Waals surface area contributed by atoms with Gasteiger partial charge in [0.05, 0.1) is 13.3 Å². The molecule has 0 radical (unpaired) electrons. The van der Waals surface area contributed by atoms with Gasteiger partial charge < -0.3 is 14.6 Å². The second-order valence-electron chi connectivity index (χ2n) is 3.23. The number of pyridine rings is 1. The number of alkyl halides is 6. The average molecular weight is 305 g/mol. The van der Waals surface area contributed by atoms with Gasteiger partial charge in [0.2, 0.25) is 0 Å². The molecule has 0 aliphatic carbocycles. The van der Waals surface area contributed by atoms with Crippen molar-refractivity contribution in [3.05, 3.63) is 17.5 Å². The second-order valence-corrected chi connectivity index (χ2v) is 3.23. The molecule has 112 valence electrons. The Morgan fingerprint density at radius 2 is 1.80 bits per heavy atom. The van der Waals surface area contributed by atoms with Crippen LogP contribution < -0.4 is 4.74 Å². The van der Waals surface area contributed by atoms with Crippen LogP contribution in [0.2, 0.25) is 0 Å². The lowest BCUT2D eigenvalue weighted by Gasteiger charge is -2.17. The Morgan fingerprint density at radius 1 is 1.25 bits per heavy atom. The summed E-state index contributed by atoms with van der Waals surface area (Å²) in [6.45, 7) is 0. The van der Waals surface area contributed by atoms with E-state index in [1.54, 1.807) is 0 Å². The number of carbonyl (C=O) groups is 1. The van der Waals surface area contributed by atoms with Crippen LogP contribution in [0.15, 0.2) is 6.20 Å². The molecule has 1 aromatic heterocycles. The van der Waals surface area contributed by atoms with Crippen LogP contribution in [-0.4, -0.2) is 29.5 Å². The summed E-state index contributed by atoms with van der Waals surface area (Å²) in [4.78, 5) is 13.8. The van der Waals surface area contributed by atoms with E-state index in [-0.39, 0.29) is 6.20 Å². The van der Waals surface area contributed by atoms with Crippen molar-refractivity contribution in [2.24, 2.45) is 0 Å². The molecule has 0 amide bonds. The number of carbonyl (C=O) groups excluding carboxylic acids is 1. The van der Waals surface area contributed by atoms with Gasteiger partial charge in [-0.2, -0.15) is 13.2 Å². The predicted molar refractivity (Wildman–Crippen MR) is 48.9 cm³/mol. The van der Waals surface area contributed by atoms with Crippen LogP contribution >= 0.6 is 0 Å². The molecule has 1 aromatic rings. The maximum absolute atomic E-state index is 12.6. The van der Waals surface area contributed by atoms with E-state index < -0.39 is 41.3 Å². The number of aromatic nitrogens is 1. The van der Waals surface area contributed by atoms with Gasteiger partial charge in [-0.25, -0.2) is 9.78 Å². The minimum absolute atomic E-state index is 0.165. The van der Waals surface area contributed by atoms with Gasteiger partial charge >= 0.3 is 18.5 Å². The van der Waals surface area contributed by atoms with Crippen molar-refractivity contribution in [1.29, 1.82) is 0 Å². The summed E-state index contributed by atoms with van der Waals surface area (Å²) < 4.78 is 81.2. The predicted octanol–water partition coefficient (Wildman–Crippen LogP) is 2.49. The number of methoxy groups -OCH3 is 1. The molecule has 0 saturated heterocycles. The first-order valence-electron chi connectivity index (χ1n) is 4.60. The van der Waals surface area contributed by atoms with Crippen molar-refractivity contribution in [3.63, 3.8) is 0 Å². The fourth-order valence-corrected chi connectivity index (χ4v) is 1.20. The smallest absolute Gasteiger partial charge is 0.505 e. The highest BCUT2D eigenvalue weighted by atomic mass is 19.4. The summed E-state index contributed by atoms with van der Waals surface area (Å²) >= 11 is 0. The summed E-state index contributed by atoms with van der Waals surface area (Å²) in [7, 11) is 0.701. The second kappa shape index (κ2) is 5.06. The molecular weight excluding hydrogens is 300 g/mol. The molecule has 0 saturated carbocycles. The van der Waals surface area contributed by atoms with Crippen molar-refractivity contribution >= 4 is 5.97 Å². The lowest BCUT2D eigenvalue weighted by Crippen LogP contribution is -2.23. The Morgan fingerprint density at radius 3 is 2.20 bits per heavy atom. The number of ether oxygens (including phenoxy) is 2. The summed E-state index contributed by atoms with van der Waals surface area (Å²) in [5.41, 5.74) is -3.54. The zero-order valence-electron chi connectivity index (χ0n) is 9.46. The van der Waals surface area contributed by atoms with Crippen LogP contribution in [0.3, 0.4) is 0 Å². The highest BCUT2D eigenvalue weighted by molar-refractivity contribution is 5.95. The molecule has 0 fully saturated rings. The minimum atomic E-state index is -5.53. The molecule has 0 aliphatic heterocycles. The van der Waals surface area contributed by atoms with Gasteiger partial charge in [0.1, 0.15) is 5.56 Å². The summed E-state index contributed by atoms with van der Waals surface area (Å²) in [6, 6.07) is 0. The van der Waals surface area contributed by atoms with E-state index in [0.29, 0.717) is 7.11 Å². The number of rotatable bonds is 2. The maximum Gasteiger partial charge on any atom is 0.573 e. The van der Waals surface area contributed by atoms with Gasteiger partial charge in [-0.1, -0.05) is 0 Å². The van der Waals surface area contributed by atoms with Crippen molar-refractivity contribution in [3.8, 4) is 11.5 Å². The Balaban J connectivity index is 3.60. The fraction of sp³-hybridized carbons (Fsp3) is 0.333. The van der Waals surface area contributed by atoms with E-state index in [0.717, 1.165) is 0 Å². The monoisotopic (exact) mass is 305 g/mol. The number of esters is 1. The van der Waals surface area contributed by atoms with Crippen molar-refractivity contribution in [2.45, 2.75) is 12.5 Å². The normalized spacial score (nSPS) is 12.2. The van der Waals surface area contributed by atoms with Gasteiger partial charge in [-0.05, 0) is 0 Å². The Hall–Kier alpha value is -2.20. The molecule has 0 bridgehead atoms. The summed E-state index contributed by atoms with van der Waals surface area (Å²) in [5, 5.41) is 9.20. The molecule has 0 aliphatic rings. The number of hydrogen-bond acceptors (Lipinski definition) is 5. The summed E-state index contributed by atoms with van der Waals surface area (Å²) in [5.74, 6) is -4.87. The molecule has 1 heterocycles. The fourth-order valence-electron chi connectivity index (χ4n) is 1.20. The molecule has 1 N–H and O–H groups in total. The van der Waals surface area contributed by atoms with E-state index in [2.05, 4.69) is 14.5 Å². The zero-order valence-corrected chi connectivity index (χ0v) is 9.46. The van der Waals surface area contributed by atoms with Gasteiger partial charge in [0.25, 0.3) is 0 Å². The molecular formula is C9H5F6NO4. The number of hydrogen-bond donors (Lipinski definition) is 1. The molecule has 0 unspecified atom stereocenters. The lowest BCUT2D eigenvalue weighted by atomic mass is 10.1. The Labute approximate surface area is 106 Å². The molecule has 11 heteroatoms. The van der Waals surface area contributed by atoms with E-state index in [1.807, 2.05) is 0 Å². The van der Waals surface area contributed by atoms with Crippen molar-refractivity contribution < 1.29 is 45.7 Å². The molecule has 0 atom stereocenters. The van der Waals surface area contributed by atoms with Crippen LogP contribution in [0.25, 0.3) is 0 Å². The van der Waals surface area contributed by atoms with Crippen LogP contribution in [-0.2, 0) is 10.9 Å². The third kappa shape index (κ3) is 3.42. The van der Waals surface area contributed by atoms with E-state index in [9.17, 15) is 36.2 Å². The van der Waals surface area contributed by atoms with Crippen LogP contribution in [0.4, 0.5) is 26.3 Å². The number of halogens is 6. The Bertz CT molecular complexity index is 524. The quantitative estimate of drug-likeness (QED) is 0.671. The van der Waals surface area contributed by atoms with Crippen LogP contribution in [0, 0.1) is 0 Å². The van der Waals surface area contributed by atoms with Crippen LogP contribution in [0.1, 0.15) is 16.1 Å². The first-order valence-corrected chi connectivity index (χ1v) is 4.60. The van der Waals surface area contributed by atoms with Crippen LogP contribution in [0.5, 0.6) is 11.5 Å². The zero-order chi connectivity index (χ0) is 15.7. The topological polar surface area (TPSA) is 68.7 Å². The third-order valence-corrected chi connectivity index (χ3v) is 1.89. The standard InChI is InChI=1S/C9H5F6NO4/c1-19-7(18)4-3(17)2-16-6(8(10,11)12)5(4)20-9(13,14)15/h2,17H,1H3. The average Bonchev–Trinajstić information content (AvgIpc) is 2.24. The van der Waals surface area contributed by atoms with E-state index in [4.69, 9.17) is 0 Å². The van der Waals surface area contributed by atoms with Gasteiger partial charge in [0.15, 0.2) is 17.2 Å². The SMILES string of the molecule is COC(=O)c1c(O)cnc(C(F)(F)F)c1OC(F)(F)F. The van der Waals surface area contributed by atoms with Gasteiger partial charge in [-0.15, -0.1) is 13.2 Å². The lowest BCUT2D eigenvalue weighted by molar-refractivity contribution is -0.276. The molecule has 0 spiro atoms. The largest absolute Gasteiger partial charge is 0.573 e. The highest BCUT2D eigenvalue weighted by Gasteiger charge is 2.44. The van der Waals surface area contributed by atoms with Crippen molar-refractivity contribution in [2.75, 3.05) is 7.11 Å². The Kier molecular flexibility index (Phi) is 4.01. The maximum atomic E-state index is 12.6. The van der Waals surface area contributed by atoms with E-state index >= 15 is 0 Å². The molecule has 0 aromatic carbocycles. The molecule has 1 rings (SSSR count). The van der Waals surface area contributed by atoms with Crippen molar-refractivity contribution in [1.82, 2.24) is 4.98 Å².